The van der Waals surface area contributed by atoms with Gasteiger partial charge in [0.05, 0.1) is 11.3 Å². The van der Waals surface area contributed by atoms with Crippen molar-refractivity contribution in [2.75, 3.05) is 5.73 Å². The highest BCUT2D eigenvalue weighted by Crippen LogP contribution is 2.23. The quantitative estimate of drug-likeness (QED) is 0.808. The molecule has 20 heavy (non-hydrogen) atoms. The van der Waals surface area contributed by atoms with Crippen LogP contribution in [0.1, 0.15) is 24.7 Å². The van der Waals surface area contributed by atoms with Crippen molar-refractivity contribution in [2.24, 2.45) is 0 Å². The number of benzene rings is 1. The predicted octanol–water partition coefficient (Wildman–Crippen LogP) is 3.36. The lowest BCUT2D eigenvalue weighted by Crippen LogP contribution is -2.19. The van der Waals surface area contributed by atoms with Crippen LogP contribution in [0.15, 0.2) is 38.4 Å². The molecule has 0 aliphatic rings. The SMILES string of the molecule is CCCc1c(N)nc(CSc2ccc(Br)cc2)[nH]c1=O. The summed E-state index contributed by atoms with van der Waals surface area (Å²) in [5, 5.41) is 0. The highest BCUT2D eigenvalue weighted by atomic mass is 79.9. The van der Waals surface area contributed by atoms with Crippen LogP contribution in [0.4, 0.5) is 5.82 Å². The van der Waals surface area contributed by atoms with Crippen LogP contribution in [0.3, 0.4) is 0 Å². The molecule has 0 atom stereocenters. The van der Waals surface area contributed by atoms with Crippen LogP contribution in [-0.4, -0.2) is 9.97 Å². The summed E-state index contributed by atoms with van der Waals surface area (Å²) in [6.07, 6.45) is 1.54. The molecule has 2 aromatic rings. The van der Waals surface area contributed by atoms with E-state index in [4.69, 9.17) is 5.73 Å². The number of nitrogens with two attached hydrogens (primary N) is 1. The maximum absolute atomic E-state index is 11.9. The Morgan fingerprint density at radius 3 is 2.65 bits per heavy atom. The van der Waals surface area contributed by atoms with Crippen LogP contribution in [0.2, 0.25) is 0 Å². The summed E-state index contributed by atoms with van der Waals surface area (Å²) in [5.74, 6) is 1.55. The monoisotopic (exact) mass is 353 g/mol. The molecule has 0 saturated heterocycles. The maximum Gasteiger partial charge on any atom is 0.256 e. The lowest BCUT2D eigenvalue weighted by Gasteiger charge is -2.06. The van der Waals surface area contributed by atoms with E-state index in [9.17, 15) is 4.79 Å². The molecule has 0 bridgehead atoms. The van der Waals surface area contributed by atoms with E-state index >= 15 is 0 Å². The van der Waals surface area contributed by atoms with Gasteiger partial charge < -0.3 is 10.7 Å². The lowest BCUT2D eigenvalue weighted by molar-refractivity contribution is 0.874. The van der Waals surface area contributed by atoms with Crippen molar-refractivity contribution in [3.63, 3.8) is 0 Å². The molecule has 0 radical (unpaired) electrons. The van der Waals surface area contributed by atoms with Gasteiger partial charge in [-0.1, -0.05) is 29.3 Å². The molecule has 0 aliphatic heterocycles. The Kier molecular flexibility index (Phi) is 5.25. The number of thioether (sulfide) groups is 1. The van der Waals surface area contributed by atoms with Crippen LogP contribution in [0, 0.1) is 0 Å². The number of hydrogen-bond acceptors (Lipinski definition) is 4. The molecule has 6 heteroatoms. The summed E-state index contributed by atoms with van der Waals surface area (Å²) in [6, 6.07) is 8.00. The van der Waals surface area contributed by atoms with Gasteiger partial charge in [-0.2, -0.15) is 0 Å². The number of aromatic nitrogens is 2. The molecule has 0 aliphatic carbocycles. The number of rotatable bonds is 5. The summed E-state index contributed by atoms with van der Waals surface area (Å²) in [5.41, 5.74) is 6.32. The Balaban J connectivity index is 2.10. The first-order valence-electron chi connectivity index (χ1n) is 6.36. The normalized spacial score (nSPS) is 10.7. The van der Waals surface area contributed by atoms with Crippen LogP contribution in [-0.2, 0) is 12.2 Å². The van der Waals surface area contributed by atoms with Gasteiger partial charge in [-0.25, -0.2) is 4.98 Å². The molecular formula is C14H16BrN3OS. The van der Waals surface area contributed by atoms with Gasteiger partial charge in [0.2, 0.25) is 0 Å². The Labute approximate surface area is 130 Å². The number of H-pyrrole nitrogens is 1. The van der Waals surface area contributed by atoms with E-state index in [0.29, 0.717) is 29.4 Å². The molecule has 106 valence electrons. The largest absolute Gasteiger partial charge is 0.383 e. The van der Waals surface area contributed by atoms with Crippen molar-refractivity contribution < 1.29 is 0 Å². The second kappa shape index (κ2) is 6.95. The Hall–Kier alpha value is -1.27. The lowest BCUT2D eigenvalue weighted by atomic mass is 10.2. The zero-order valence-electron chi connectivity index (χ0n) is 11.1. The van der Waals surface area contributed by atoms with Crippen molar-refractivity contribution in [3.8, 4) is 0 Å². The zero-order chi connectivity index (χ0) is 14.5. The minimum absolute atomic E-state index is 0.120. The highest BCUT2D eigenvalue weighted by molar-refractivity contribution is 9.10. The molecular weight excluding hydrogens is 338 g/mol. The third-order valence-electron chi connectivity index (χ3n) is 2.79. The maximum atomic E-state index is 11.9. The molecule has 0 unspecified atom stereocenters. The van der Waals surface area contributed by atoms with Crippen molar-refractivity contribution >= 4 is 33.5 Å². The summed E-state index contributed by atoms with van der Waals surface area (Å²) < 4.78 is 1.04. The summed E-state index contributed by atoms with van der Waals surface area (Å²) in [4.78, 5) is 20.1. The highest BCUT2D eigenvalue weighted by Gasteiger charge is 2.08. The fourth-order valence-corrected chi connectivity index (χ4v) is 2.84. The first kappa shape index (κ1) is 15.1. The number of aromatic amines is 1. The van der Waals surface area contributed by atoms with E-state index in [2.05, 4.69) is 25.9 Å². The third-order valence-corrected chi connectivity index (χ3v) is 4.34. The summed E-state index contributed by atoms with van der Waals surface area (Å²) in [7, 11) is 0. The molecule has 2 rings (SSSR count). The minimum Gasteiger partial charge on any atom is -0.383 e. The van der Waals surface area contributed by atoms with Gasteiger partial charge >= 0.3 is 0 Å². The number of halogens is 1. The average molecular weight is 354 g/mol. The van der Waals surface area contributed by atoms with Gasteiger partial charge in [0.15, 0.2) is 0 Å². The Bertz CT molecular complexity index is 640. The third kappa shape index (κ3) is 3.86. The van der Waals surface area contributed by atoms with Gasteiger partial charge in [0, 0.05) is 9.37 Å². The smallest absolute Gasteiger partial charge is 0.256 e. The van der Waals surface area contributed by atoms with E-state index in [1.165, 1.54) is 0 Å². The standard InChI is InChI=1S/C14H16BrN3OS/c1-2-3-11-13(16)17-12(18-14(11)19)8-20-10-6-4-9(15)5-7-10/h4-7H,2-3,8H2,1H3,(H3,16,17,18,19). The molecule has 0 amide bonds. The average Bonchev–Trinajstić information content (AvgIpc) is 2.42. The van der Waals surface area contributed by atoms with Crippen molar-refractivity contribution in [3.05, 3.63) is 50.5 Å². The van der Waals surface area contributed by atoms with Crippen molar-refractivity contribution in [1.29, 1.82) is 0 Å². The van der Waals surface area contributed by atoms with Crippen LogP contribution in [0.5, 0.6) is 0 Å². The zero-order valence-corrected chi connectivity index (χ0v) is 13.6. The number of nitrogens with one attached hydrogen (secondary N) is 1. The van der Waals surface area contributed by atoms with E-state index in [-0.39, 0.29) is 5.56 Å². The molecule has 1 aromatic heterocycles. The Morgan fingerprint density at radius 2 is 2.05 bits per heavy atom. The predicted molar refractivity (Wildman–Crippen MR) is 87.0 cm³/mol. The van der Waals surface area contributed by atoms with Crippen LogP contribution in [0.25, 0.3) is 0 Å². The molecule has 1 aromatic carbocycles. The van der Waals surface area contributed by atoms with E-state index in [1.807, 2.05) is 31.2 Å². The second-order valence-electron chi connectivity index (χ2n) is 4.37. The van der Waals surface area contributed by atoms with Crippen LogP contribution >= 0.6 is 27.7 Å². The Morgan fingerprint density at radius 1 is 1.35 bits per heavy atom. The number of hydrogen-bond donors (Lipinski definition) is 2. The van der Waals surface area contributed by atoms with Gasteiger partial charge in [-0.05, 0) is 30.7 Å². The molecule has 4 nitrogen and oxygen atoms in total. The number of nitrogen functional groups attached to an aromatic ring is 1. The fourth-order valence-electron chi connectivity index (χ4n) is 1.81. The van der Waals surface area contributed by atoms with Gasteiger partial charge in [-0.3, -0.25) is 4.79 Å². The van der Waals surface area contributed by atoms with Gasteiger partial charge in [0.25, 0.3) is 5.56 Å². The summed E-state index contributed by atoms with van der Waals surface area (Å²) >= 11 is 5.01. The molecule has 0 spiro atoms. The topological polar surface area (TPSA) is 71.8 Å². The molecule has 0 saturated carbocycles. The van der Waals surface area contributed by atoms with Crippen LogP contribution < -0.4 is 11.3 Å². The number of nitrogens with zero attached hydrogens (tertiary/aromatic N) is 1. The van der Waals surface area contributed by atoms with Crippen molar-refractivity contribution in [2.45, 2.75) is 30.4 Å². The first-order valence-corrected chi connectivity index (χ1v) is 8.14. The first-order chi connectivity index (χ1) is 9.60. The minimum atomic E-state index is -0.120. The van der Waals surface area contributed by atoms with Crippen molar-refractivity contribution in [1.82, 2.24) is 9.97 Å². The number of anilines is 1. The van der Waals surface area contributed by atoms with E-state index in [0.717, 1.165) is 15.8 Å². The molecule has 1 heterocycles. The molecule has 3 N–H and O–H groups in total. The summed E-state index contributed by atoms with van der Waals surface area (Å²) in [6.45, 7) is 2.01. The van der Waals surface area contributed by atoms with Gasteiger partial charge in [-0.15, -0.1) is 11.8 Å². The van der Waals surface area contributed by atoms with E-state index in [1.54, 1.807) is 11.8 Å². The fraction of sp³-hybridized carbons (Fsp3) is 0.286. The molecule has 0 fully saturated rings. The van der Waals surface area contributed by atoms with Gasteiger partial charge in [0.1, 0.15) is 11.6 Å². The van der Waals surface area contributed by atoms with E-state index < -0.39 is 0 Å². The second-order valence-corrected chi connectivity index (χ2v) is 6.33.